The van der Waals surface area contributed by atoms with Crippen molar-refractivity contribution in [2.45, 2.75) is 45.2 Å². The van der Waals surface area contributed by atoms with E-state index in [0.29, 0.717) is 12.3 Å². The molecule has 2 aromatic carbocycles. The summed E-state index contributed by atoms with van der Waals surface area (Å²) in [6.07, 6.45) is 0.547. The summed E-state index contributed by atoms with van der Waals surface area (Å²) < 4.78 is 0. The number of amides is 1. The van der Waals surface area contributed by atoms with Crippen molar-refractivity contribution in [3.63, 3.8) is 0 Å². The monoisotopic (exact) mass is 346 g/mol. The summed E-state index contributed by atoms with van der Waals surface area (Å²) in [5.74, 6) is 0.391. The summed E-state index contributed by atoms with van der Waals surface area (Å²) in [6.45, 7) is 6.32. The fraction of sp³-hybridized carbons (Fsp3) is 0.350. The Balaban J connectivity index is 0.00000288. The fourth-order valence-electron chi connectivity index (χ4n) is 2.53. The van der Waals surface area contributed by atoms with Crippen molar-refractivity contribution in [1.29, 1.82) is 0 Å². The van der Waals surface area contributed by atoms with E-state index in [1.54, 1.807) is 0 Å². The zero-order chi connectivity index (χ0) is 16.8. The van der Waals surface area contributed by atoms with E-state index in [4.69, 9.17) is 5.73 Å². The van der Waals surface area contributed by atoms with Crippen LogP contribution in [0.25, 0.3) is 0 Å². The van der Waals surface area contributed by atoms with Gasteiger partial charge in [0.05, 0.1) is 12.1 Å². The van der Waals surface area contributed by atoms with E-state index in [-0.39, 0.29) is 24.4 Å². The number of hydrogen-bond acceptors (Lipinski definition) is 2. The molecule has 0 saturated heterocycles. The third-order valence-corrected chi connectivity index (χ3v) is 4.10. The standard InChI is InChI=1S/C20H26N2O.ClH/c1-14(2)17-9-11-18(12-10-17)15(3)22-20(23)19(21)13-16-7-5-4-6-8-16;/h4-12,14-15,19H,13,21H2,1-3H3,(H,22,23);1H/t15?,19-;/m0./s1. The molecule has 0 aromatic heterocycles. The molecule has 0 spiro atoms. The first-order valence-corrected chi connectivity index (χ1v) is 8.17. The molecule has 1 amide bonds. The zero-order valence-electron chi connectivity index (χ0n) is 14.5. The Morgan fingerprint density at radius 1 is 0.958 bits per heavy atom. The number of rotatable bonds is 6. The minimum Gasteiger partial charge on any atom is -0.348 e. The zero-order valence-corrected chi connectivity index (χ0v) is 15.3. The lowest BCUT2D eigenvalue weighted by Crippen LogP contribution is -2.42. The maximum absolute atomic E-state index is 12.3. The van der Waals surface area contributed by atoms with E-state index in [2.05, 4.69) is 43.4 Å². The molecule has 24 heavy (non-hydrogen) atoms. The van der Waals surface area contributed by atoms with Gasteiger partial charge >= 0.3 is 0 Å². The van der Waals surface area contributed by atoms with Gasteiger partial charge in [-0.15, -0.1) is 12.4 Å². The van der Waals surface area contributed by atoms with E-state index in [0.717, 1.165) is 11.1 Å². The molecule has 4 heteroatoms. The third-order valence-electron chi connectivity index (χ3n) is 4.10. The first kappa shape index (κ1) is 20.2. The van der Waals surface area contributed by atoms with Crippen LogP contribution in [0.3, 0.4) is 0 Å². The highest BCUT2D eigenvalue weighted by atomic mass is 35.5. The lowest BCUT2D eigenvalue weighted by molar-refractivity contribution is -0.123. The van der Waals surface area contributed by atoms with Crippen LogP contribution in [-0.2, 0) is 11.2 Å². The van der Waals surface area contributed by atoms with Gasteiger partial charge in [-0.25, -0.2) is 0 Å². The first-order valence-electron chi connectivity index (χ1n) is 8.17. The van der Waals surface area contributed by atoms with Crippen molar-refractivity contribution >= 4 is 18.3 Å². The van der Waals surface area contributed by atoms with Gasteiger partial charge in [-0.05, 0) is 36.0 Å². The van der Waals surface area contributed by atoms with Gasteiger partial charge < -0.3 is 11.1 Å². The molecular weight excluding hydrogens is 320 g/mol. The van der Waals surface area contributed by atoms with Crippen LogP contribution in [0.5, 0.6) is 0 Å². The number of carbonyl (C=O) groups excluding carboxylic acids is 1. The Hall–Kier alpha value is -1.84. The third kappa shape index (κ3) is 5.66. The topological polar surface area (TPSA) is 55.1 Å². The van der Waals surface area contributed by atoms with Gasteiger partial charge in [-0.2, -0.15) is 0 Å². The van der Waals surface area contributed by atoms with Crippen molar-refractivity contribution in [3.8, 4) is 0 Å². The van der Waals surface area contributed by atoms with Crippen LogP contribution < -0.4 is 11.1 Å². The largest absolute Gasteiger partial charge is 0.348 e. The number of halogens is 1. The molecule has 3 nitrogen and oxygen atoms in total. The molecular formula is C20H27ClN2O. The van der Waals surface area contributed by atoms with Gasteiger partial charge in [0.1, 0.15) is 0 Å². The summed E-state index contributed by atoms with van der Waals surface area (Å²) in [5, 5.41) is 3.00. The highest BCUT2D eigenvalue weighted by molar-refractivity contribution is 5.85. The summed E-state index contributed by atoms with van der Waals surface area (Å²) >= 11 is 0. The van der Waals surface area contributed by atoms with Crippen molar-refractivity contribution in [2.24, 2.45) is 5.73 Å². The predicted octanol–water partition coefficient (Wildman–Crippen LogP) is 3.98. The SMILES string of the molecule is CC(C)c1ccc(C(C)NC(=O)[C@@H](N)Cc2ccccc2)cc1.Cl. The van der Waals surface area contributed by atoms with Crippen LogP contribution in [0.4, 0.5) is 0 Å². The fourth-order valence-corrected chi connectivity index (χ4v) is 2.53. The molecule has 0 saturated carbocycles. The van der Waals surface area contributed by atoms with E-state index in [1.807, 2.05) is 37.3 Å². The van der Waals surface area contributed by atoms with Crippen LogP contribution in [0.1, 0.15) is 49.4 Å². The lowest BCUT2D eigenvalue weighted by Gasteiger charge is -2.18. The molecule has 1 unspecified atom stereocenters. The van der Waals surface area contributed by atoms with Crippen LogP contribution in [0, 0.1) is 0 Å². The molecule has 3 N–H and O–H groups in total. The Bertz CT molecular complexity index is 626. The number of benzene rings is 2. The first-order chi connectivity index (χ1) is 11.0. The van der Waals surface area contributed by atoms with E-state index in [9.17, 15) is 4.79 Å². The quantitative estimate of drug-likeness (QED) is 0.831. The summed E-state index contributed by atoms with van der Waals surface area (Å²) in [7, 11) is 0. The van der Waals surface area contributed by atoms with Gasteiger partial charge in [-0.3, -0.25) is 4.79 Å². The number of carbonyl (C=O) groups is 1. The summed E-state index contributed by atoms with van der Waals surface area (Å²) in [5.41, 5.74) is 9.49. The molecule has 2 atom stereocenters. The minimum absolute atomic E-state index is 0. The number of nitrogens with one attached hydrogen (secondary N) is 1. The second-order valence-corrected chi connectivity index (χ2v) is 6.35. The van der Waals surface area contributed by atoms with Crippen molar-refractivity contribution in [2.75, 3.05) is 0 Å². The maximum Gasteiger partial charge on any atom is 0.237 e. The second-order valence-electron chi connectivity index (χ2n) is 6.35. The Morgan fingerprint density at radius 2 is 1.50 bits per heavy atom. The highest BCUT2D eigenvalue weighted by Crippen LogP contribution is 2.18. The Kier molecular flexibility index (Phi) is 7.96. The van der Waals surface area contributed by atoms with Gasteiger partial charge in [0, 0.05) is 0 Å². The maximum atomic E-state index is 12.3. The second kappa shape index (κ2) is 9.45. The van der Waals surface area contributed by atoms with Gasteiger partial charge in [-0.1, -0.05) is 68.4 Å². The molecule has 2 rings (SSSR count). The van der Waals surface area contributed by atoms with Gasteiger partial charge in [0.15, 0.2) is 0 Å². The van der Waals surface area contributed by atoms with Gasteiger partial charge in [0.2, 0.25) is 5.91 Å². The summed E-state index contributed by atoms with van der Waals surface area (Å²) in [6, 6.07) is 17.6. The van der Waals surface area contributed by atoms with Gasteiger partial charge in [0.25, 0.3) is 0 Å². The van der Waals surface area contributed by atoms with Crippen molar-refractivity contribution < 1.29 is 4.79 Å². The molecule has 0 aliphatic heterocycles. The molecule has 2 aromatic rings. The Morgan fingerprint density at radius 3 is 2.04 bits per heavy atom. The molecule has 0 radical (unpaired) electrons. The molecule has 0 aliphatic rings. The molecule has 0 fully saturated rings. The average molecular weight is 347 g/mol. The summed E-state index contributed by atoms with van der Waals surface area (Å²) in [4.78, 5) is 12.3. The Labute approximate surface area is 151 Å². The van der Waals surface area contributed by atoms with E-state index >= 15 is 0 Å². The number of hydrogen-bond donors (Lipinski definition) is 2. The van der Waals surface area contributed by atoms with Crippen LogP contribution in [0.2, 0.25) is 0 Å². The normalized spacial score (nSPS) is 13.0. The smallest absolute Gasteiger partial charge is 0.237 e. The molecule has 0 bridgehead atoms. The van der Waals surface area contributed by atoms with Crippen LogP contribution in [-0.4, -0.2) is 11.9 Å². The van der Waals surface area contributed by atoms with Crippen LogP contribution >= 0.6 is 12.4 Å². The van der Waals surface area contributed by atoms with Crippen molar-refractivity contribution in [1.82, 2.24) is 5.32 Å². The average Bonchev–Trinajstić information content (AvgIpc) is 2.55. The van der Waals surface area contributed by atoms with Crippen LogP contribution in [0.15, 0.2) is 54.6 Å². The van der Waals surface area contributed by atoms with E-state index < -0.39 is 6.04 Å². The van der Waals surface area contributed by atoms with E-state index in [1.165, 1.54) is 5.56 Å². The predicted molar refractivity (Wildman–Crippen MR) is 102 cm³/mol. The molecule has 0 aliphatic carbocycles. The minimum atomic E-state index is -0.533. The molecule has 0 heterocycles. The lowest BCUT2D eigenvalue weighted by atomic mass is 9.99. The molecule has 130 valence electrons. The number of nitrogens with two attached hydrogens (primary N) is 1. The highest BCUT2D eigenvalue weighted by Gasteiger charge is 2.17. The van der Waals surface area contributed by atoms with Crippen molar-refractivity contribution in [3.05, 3.63) is 71.3 Å².